The molecule has 0 aliphatic rings. The van der Waals surface area contributed by atoms with Gasteiger partial charge in [-0.3, -0.25) is 4.79 Å². The molecule has 0 atom stereocenters. The first-order valence-corrected chi connectivity index (χ1v) is 10.4. The van der Waals surface area contributed by atoms with Crippen LogP contribution in [0.4, 0.5) is 19.0 Å². The Balaban J connectivity index is 1.41. The highest BCUT2D eigenvalue weighted by Crippen LogP contribution is 2.24. The summed E-state index contributed by atoms with van der Waals surface area (Å²) in [6, 6.07) is 10.5. The van der Waals surface area contributed by atoms with Crippen molar-refractivity contribution in [1.29, 1.82) is 0 Å². The molecule has 9 nitrogen and oxygen atoms in total. The van der Waals surface area contributed by atoms with Gasteiger partial charge in [-0.15, -0.1) is 5.10 Å². The Hall–Kier alpha value is -3.87. The third-order valence-corrected chi connectivity index (χ3v) is 5.40. The SMILES string of the molecule is COc1ccc(Cn2nccc2NC(=O)CSc2nnnn2-c2c(F)ccc(F)c2F)cc1. The summed E-state index contributed by atoms with van der Waals surface area (Å²) in [6.45, 7) is 0.413. The average Bonchev–Trinajstić information content (AvgIpc) is 3.45. The maximum absolute atomic E-state index is 14.1. The minimum atomic E-state index is -1.43. The van der Waals surface area contributed by atoms with E-state index in [-0.39, 0.29) is 10.9 Å². The van der Waals surface area contributed by atoms with Crippen molar-refractivity contribution >= 4 is 23.5 Å². The zero-order chi connectivity index (χ0) is 23.4. The standard InChI is InChI=1S/C20H16F3N7O2S/c1-32-13-4-2-12(3-5-13)10-29-16(8-9-24-29)25-17(31)11-33-20-26-27-28-30(20)19-15(22)7-6-14(21)18(19)23/h2-9H,10-11H2,1H3,(H,25,31). The smallest absolute Gasteiger partial charge is 0.235 e. The molecule has 0 aliphatic carbocycles. The van der Waals surface area contributed by atoms with Gasteiger partial charge in [-0.2, -0.15) is 9.78 Å². The topological polar surface area (TPSA) is 99.8 Å². The number of hydrogen-bond donors (Lipinski definition) is 1. The third-order valence-electron chi connectivity index (χ3n) is 4.48. The number of aromatic nitrogens is 6. The second-order valence-electron chi connectivity index (χ2n) is 6.62. The van der Waals surface area contributed by atoms with E-state index < -0.39 is 29.0 Å². The molecule has 0 fully saturated rings. The lowest BCUT2D eigenvalue weighted by Crippen LogP contribution is -2.18. The number of benzene rings is 2. The number of thioether (sulfide) groups is 1. The van der Waals surface area contributed by atoms with Crippen LogP contribution < -0.4 is 10.1 Å². The summed E-state index contributed by atoms with van der Waals surface area (Å²) in [4.78, 5) is 12.5. The summed E-state index contributed by atoms with van der Waals surface area (Å²) in [6.07, 6.45) is 1.54. The Morgan fingerprint density at radius 1 is 1.09 bits per heavy atom. The summed E-state index contributed by atoms with van der Waals surface area (Å²) < 4.78 is 49.1. The fourth-order valence-corrected chi connectivity index (χ4v) is 3.57. The summed E-state index contributed by atoms with van der Waals surface area (Å²) >= 11 is 0.831. The van der Waals surface area contributed by atoms with E-state index >= 15 is 0 Å². The van der Waals surface area contributed by atoms with Crippen molar-refractivity contribution in [2.45, 2.75) is 11.7 Å². The van der Waals surface area contributed by atoms with Crippen LogP contribution in [0.3, 0.4) is 0 Å². The zero-order valence-corrected chi connectivity index (χ0v) is 17.9. The molecule has 2 heterocycles. The van der Waals surface area contributed by atoms with E-state index in [1.54, 1.807) is 24.1 Å². The number of carbonyl (C=O) groups excluding carboxylic acids is 1. The number of nitrogens with one attached hydrogen (secondary N) is 1. The highest BCUT2D eigenvalue weighted by Gasteiger charge is 2.21. The van der Waals surface area contributed by atoms with Gasteiger partial charge in [-0.25, -0.2) is 17.9 Å². The summed E-state index contributed by atoms with van der Waals surface area (Å²) in [7, 11) is 1.58. The minimum absolute atomic E-state index is 0.0831. The third kappa shape index (κ3) is 4.98. The molecule has 1 amide bonds. The van der Waals surface area contributed by atoms with Gasteiger partial charge in [0, 0.05) is 6.07 Å². The number of methoxy groups -OCH3 is 1. The van der Waals surface area contributed by atoms with Crippen molar-refractivity contribution in [2.24, 2.45) is 0 Å². The Bertz CT molecular complexity index is 1280. The number of nitrogens with zero attached hydrogens (tertiary/aromatic N) is 6. The van der Waals surface area contributed by atoms with Crippen molar-refractivity contribution in [3.8, 4) is 11.4 Å². The monoisotopic (exact) mass is 475 g/mol. The van der Waals surface area contributed by atoms with Crippen molar-refractivity contribution < 1.29 is 22.7 Å². The lowest BCUT2D eigenvalue weighted by atomic mass is 10.2. The number of hydrogen-bond acceptors (Lipinski definition) is 7. The molecule has 4 aromatic rings. The van der Waals surface area contributed by atoms with E-state index in [2.05, 4.69) is 25.9 Å². The van der Waals surface area contributed by atoms with Crippen molar-refractivity contribution in [3.63, 3.8) is 0 Å². The Kier molecular flexibility index (Phi) is 6.58. The Morgan fingerprint density at radius 2 is 1.85 bits per heavy atom. The average molecular weight is 475 g/mol. The van der Waals surface area contributed by atoms with Gasteiger partial charge in [0.05, 0.1) is 25.6 Å². The molecular weight excluding hydrogens is 459 g/mol. The van der Waals surface area contributed by atoms with Crippen LogP contribution in [0.2, 0.25) is 0 Å². The van der Waals surface area contributed by atoms with Crippen LogP contribution in [0.5, 0.6) is 5.75 Å². The molecule has 170 valence electrons. The molecule has 1 N–H and O–H groups in total. The summed E-state index contributed by atoms with van der Waals surface area (Å²) in [5.41, 5.74) is 0.183. The second-order valence-corrected chi connectivity index (χ2v) is 7.57. The molecule has 0 unspecified atom stereocenters. The normalized spacial score (nSPS) is 10.9. The van der Waals surface area contributed by atoms with Crippen LogP contribution >= 0.6 is 11.8 Å². The van der Waals surface area contributed by atoms with Gasteiger partial charge >= 0.3 is 0 Å². The molecule has 2 aromatic carbocycles. The van der Waals surface area contributed by atoms with Gasteiger partial charge in [0.15, 0.2) is 17.5 Å². The number of tetrazole rings is 1. The van der Waals surface area contributed by atoms with Crippen LogP contribution in [-0.4, -0.2) is 48.8 Å². The molecule has 0 saturated heterocycles. The number of anilines is 1. The molecule has 33 heavy (non-hydrogen) atoms. The van der Waals surface area contributed by atoms with Crippen LogP contribution in [-0.2, 0) is 11.3 Å². The van der Waals surface area contributed by atoms with Crippen LogP contribution in [0.25, 0.3) is 5.69 Å². The number of carbonyl (C=O) groups is 1. The highest BCUT2D eigenvalue weighted by molar-refractivity contribution is 7.99. The molecule has 0 saturated carbocycles. The van der Waals surface area contributed by atoms with Crippen molar-refractivity contribution in [3.05, 3.63) is 71.7 Å². The van der Waals surface area contributed by atoms with Crippen LogP contribution in [0.1, 0.15) is 5.56 Å². The fourth-order valence-electron chi connectivity index (χ4n) is 2.90. The zero-order valence-electron chi connectivity index (χ0n) is 17.1. The van der Waals surface area contributed by atoms with Gasteiger partial charge < -0.3 is 10.1 Å². The summed E-state index contributed by atoms with van der Waals surface area (Å²) in [5.74, 6) is -3.15. The molecule has 0 aliphatic heterocycles. The maximum atomic E-state index is 14.1. The van der Waals surface area contributed by atoms with Crippen LogP contribution in [0.15, 0.2) is 53.8 Å². The number of rotatable bonds is 8. The predicted octanol–water partition coefficient (Wildman–Crippen LogP) is 3.06. The lowest BCUT2D eigenvalue weighted by molar-refractivity contribution is -0.113. The van der Waals surface area contributed by atoms with Crippen LogP contribution in [0, 0.1) is 17.5 Å². The second kappa shape index (κ2) is 9.73. The molecule has 0 radical (unpaired) electrons. The predicted molar refractivity (Wildman–Crippen MR) is 113 cm³/mol. The van der Waals surface area contributed by atoms with E-state index in [4.69, 9.17) is 4.74 Å². The first-order valence-electron chi connectivity index (χ1n) is 9.46. The fraction of sp³-hybridized carbons (Fsp3) is 0.150. The number of amides is 1. The maximum Gasteiger partial charge on any atom is 0.235 e. The molecule has 4 rings (SSSR count). The van der Waals surface area contributed by atoms with E-state index in [0.29, 0.717) is 23.1 Å². The van der Waals surface area contributed by atoms with Gasteiger partial charge in [-0.05, 0) is 40.3 Å². The quantitative estimate of drug-likeness (QED) is 0.309. The van der Waals surface area contributed by atoms with Gasteiger partial charge in [0.1, 0.15) is 17.3 Å². The van der Waals surface area contributed by atoms with Crippen molar-refractivity contribution in [1.82, 2.24) is 30.0 Å². The van der Waals surface area contributed by atoms with Crippen molar-refractivity contribution in [2.75, 3.05) is 18.2 Å². The minimum Gasteiger partial charge on any atom is -0.497 e. The first kappa shape index (κ1) is 22.3. The number of halogens is 3. The van der Waals surface area contributed by atoms with E-state index in [9.17, 15) is 18.0 Å². The first-order chi connectivity index (χ1) is 16.0. The van der Waals surface area contributed by atoms with E-state index in [1.807, 2.05) is 24.3 Å². The van der Waals surface area contributed by atoms with E-state index in [1.165, 1.54) is 0 Å². The Labute approximate surface area is 189 Å². The van der Waals surface area contributed by atoms with Gasteiger partial charge in [0.25, 0.3) is 0 Å². The Morgan fingerprint density at radius 3 is 2.61 bits per heavy atom. The van der Waals surface area contributed by atoms with Gasteiger partial charge in [-0.1, -0.05) is 23.9 Å². The van der Waals surface area contributed by atoms with Gasteiger partial charge in [0.2, 0.25) is 11.1 Å². The molecule has 13 heteroatoms. The number of ether oxygens (including phenoxy) is 1. The molecule has 2 aromatic heterocycles. The summed E-state index contributed by atoms with van der Waals surface area (Å²) in [5, 5.41) is 17.4. The largest absolute Gasteiger partial charge is 0.497 e. The van der Waals surface area contributed by atoms with E-state index in [0.717, 1.165) is 29.1 Å². The lowest BCUT2D eigenvalue weighted by Gasteiger charge is -2.10. The molecule has 0 spiro atoms. The highest BCUT2D eigenvalue weighted by atomic mass is 32.2. The molecular formula is C20H16F3N7O2S. The molecule has 0 bridgehead atoms.